The monoisotopic (exact) mass is 369 g/mol. The van der Waals surface area contributed by atoms with E-state index in [1.54, 1.807) is 52.8 Å². The van der Waals surface area contributed by atoms with Crippen LogP contribution >= 0.6 is 0 Å². The molecule has 4 N–H and O–H groups in total. The number of aliphatic imine (C=N–C) groups is 1. The second kappa shape index (κ2) is 7.80. The van der Waals surface area contributed by atoms with E-state index in [2.05, 4.69) is 10.3 Å². The Labute approximate surface area is 160 Å². The molecule has 0 spiro atoms. The first-order chi connectivity index (χ1) is 12.5. The predicted octanol–water partition coefficient (Wildman–Crippen LogP) is 4.10. The molecule has 1 amide bonds. The minimum Gasteiger partial charge on any atom is -0.444 e. The molecule has 0 fully saturated rings. The molecule has 27 heavy (non-hydrogen) atoms. The number of nitrogens with zero attached hydrogens (tertiary/aromatic N) is 1. The zero-order chi connectivity index (χ0) is 20.2. The number of rotatable bonds is 3. The molecular formula is C21H27N3O3. The Kier molecular flexibility index (Phi) is 5.91. The Hall–Kier alpha value is -2.86. The van der Waals surface area contributed by atoms with E-state index in [0.717, 1.165) is 0 Å². The van der Waals surface area contributed by atoms with Gasteiger partial charge in [-0.3, -0.25) is 5.32 Å². The van der Waals surface area contributed by atoms with Gasteiger partial charge in [-0.1, -0.05) is 24.3 Å². The Morgan fingerprint density at radius 3 is 2.22 bits per heavy atom. The molecule has 144 valence electrons. The van der Waals surface area contributed by atoms with Crippen molar-refractivity contribution < 1.29 is 14.6 Å². The van der Waals surface area contributed by atoms with Crippen LogP contribution in [0.5, 0.6) is 0 Å². The van der Waals surface area contributed by atoms with Crippen molar-refractivity contribution in [3.05, 3.63) is 59.7 Å². The van der Waals surface area contributed by atoms with Gasteiger partial charge in [0.15, 0.2) is 0 Å². The molecule has 2 rings (SSSR count). The van der Waals surface area contributed by atoms with Gasteiger partial charge in [-0.25, -0.2) is 9.79 Å². The third-order valence-electron chi connectivity index (χ3n) is 3.63. The van der Waals surface area contributed by atoms with E-state index in [0.29, 0.717) is 22.5 Å². The van der Waals surface area contributed by atoms with Crippen molar-refractivity contribution in [2.24, 2.45) is 4.99 Å². The van der Waals surface area contributed by atoms with Gasteiger partial charge in [0.2, 0.25) is 0 Å². The molecule has 2 aromatic carbocycles. The zero-order valence-electron chi connectivity index (χ0n) is 16.4. The van der Waals surface area contributed by atoms with Crippen molar-refractivity contribution in [2.45, 2.75) is 45.8 Å². The van der Waals surface area contributed by atoms with Gasteiger partial charge in [0.25, 0.3) is 0 Å². The minimum absolute atomic E-state index is 0.273. The van der Waals surface area contributed by atoms with Crippen LogP contribution in [0.1, 0.15) is 45.7 Å². The lowest BCUT2D eigenvalue weighted by Gasteiger charge is -2.22. The highest BCUT2D eigenvalue weighted by atomic mass is 16.6. The molecule has 0 atom stereocenters. The van der Waals surface area contributed by atoms with Crippen LogP contribution in [-0.4, -0.2) is 22.6 Å². The predicted molar refractivity (Wildman–Crippen MR) is 108 cm³/mol. The smallest absolute Gasteiger partial charge is 0.413 e. The van der Waals surface area contributed by atoms with Crippen LogP contribution in [0.4, 0.5) is 16.2 Å². The number of nitrogen functional groups attached to an aromatic ring is 1. The van der Waals surface area contributed by atoms with Gasteiger partial charge < -0.3 is 15.6 Å². The third-order valence-corrected chi connectivity index (χ3v) is 3.63. The molecule has 6 nitrogen and oxygen atoms in total. The second-order valence-electron chi connectivity index (χ2n) is 7.78. The maximum atomic E-state index is 12.3. The Morgan fingerprint density at radius 2 is 1.70 bits per heavy atom. The van der Waals surface area contributed by atoms with E-state index >= 15 is 0 Å². The van der Waals surface area contributed by atoms with Gasteiger partial charge >= 0.3 is 6.09 Å². The summed E-state index contributed by atoms with van der Waals surface area (Å²) < 4.78 is 5.33. The van der Waals surface area contributed by atoms with Crippen molar-refractivity contribution in [1.82, 2.24) is 5.32 Å². The van der Waals surface area contributed by atoms with Gasteiger partial charge in [0.1, 0.15) is 11.4 Å². The standard InChI is InChI=1S/C21H27N3O3/c1-20(2,3)27-19(25)24-18(23-15-9-7-6-8-10-15)16-12-11-14(13-17(16)22)21(4,5)26/h6-13,26H,22H2,1-5H3,(H,23,24,25). The van der Waals surface area contributed by atoms with E-state index in [1.807, 2.05) is 30.3 Å². The number of carbonyl (C=O) groups excluding carboxylic acids is 1. The largest absolute Gasteiger partial charge is 0.444 e. The number of nitrogens with two attached hydrogens (primary N) is 1. The Morgan fingerprint density at radius 1 is 1.07 bits per heavy atom. The molecule has 0 unspecified atom stereocenters. The summed E-state index contributed by atoms with van der Waals surface area (Å²) in [7, 11) is 0. The fourth-order valence-electron chi connectivity index (χ4n) is 2.35. The number of hydrogen-bond acceptors (Lipinski definition) is 5. The number of benzene rings is 2. The van der Waals surface area contributed by atoms with Crippen LogP contribution in [0, 0.1) is 0 Å². The lowest BCUT2D eigenvalue weighted by molar-refractivity contribution is 0.0563. The first-order valence-electron chi connectivity index (χ1n) is 8.72. The quantitative estimate of drug-likeness (QED) is 0.431. The number of aliphatic hydroxyl groups is 1. The van der Waals surface area contributed by atoms with Crippen LogP contribution in [0.15, 0.2) is 53.5 Å². The van der Waals surface area contributed by atoms with Gasteiger partial charge in [0, 0.05) is 11.3 Å². The van der Waals surface area contributed by atoms with E-state index in [4.69, 9.17) is 10.5 Å². The number of nitrogens with one attached hydrogen (secondary N) is 1. The summed E-state index contributed by atoms with van der Waals surface area (Å²) in [5.74, 6) is 0.273. The Balaban J connectivity index is 2.44. The number of hydrogen-bond donors (Lipinski definition) is 3. The average molecular weight is 369 g/mol. The molecule has 0 aromatic heterocycles. The number of anilines is 1. The summed E-state index contributed by atoms with van der Waals surface area (Å²) in [6, 6.07) is 14.4. The molecule has 0 aliphatic carbocycles. The summed E-state index contributed by atoms with van der Waals surface area (Å²) in [6.07, 6.45) is -0.622. The van der Waals surface area contributed by atoms with Crippen molar-refractivity contribution in [2.75, 3.05) is 5.73 Å². The van der Waals surface area contributed by atoms with Gasteiger partial charge in [-0.15, -0.1) is 0 Å². The van der Waals surface area contributed by atoms with E-state index in [9.17, 15) is 9.90 Å². The third kappa shape index (κ3) is 6.11. The number of ether oxygens (including phenoxy) is 1. The summed E-state index contributed by atoms with van der Waals surface area (Å²) >= 11 is 0. The van der Waals surface area contributed by atoms with Crippen molar-refractivity contribution >= 4 is 23.3 Å². The van der Waals surface area contributed by atoms with Crippen LogP contribution in [0.2, 0.25) is 0 Å². The normalized spacial score (nSPS) is 12.6. The molecule has 6 heteroatoms. The highest BCUT2D eigenvalue weighted by molar-refractivity contribution is 6.10. The first kappa shape index (κ1) is 20.5. The number of carbonyl (C=O) groups is 1. The van der Waals surface area contributed by atoms with Gasteiger partial charge in [0.05, 0.1) is 11.3 Å². The Bertz CT molecular complexity index is 832. The highest BCUT2D eigenvalue weighted by Crippen LogP contribution is 2.25. The van der Waals surface area contributed by atoms with Crippen molar-refractivity contribution in [1.29, 1.82) is 0 Å². The van der Waals surface area contributed by atoms with Crippen LogP contribution in [0.3, 0.4) is 0 Å². The lowest BCUT2D eigenvalue weighted by Crippen LogP contribution is -2.37. The maximum Gasteiger partial charge on any atom is 0.413 e. The first-order valence-corrected chi connectivity index (χ1v) is 8.72. The lowest BCUT2D eigenvalue weighted by atomic mass is 9.96. The number of alkyl carbamates (subject to hydrolysis) is 1. The van der Waals surface area contributed by atoms with Gasteiger partial charge in [-0.05, 0) is 64.4 Å². The maximum absolute atomic E-state index is 12.3. The number of amides is 1. The van der Waals surface area contributed by atoms with E-state index in [-0.39, 0.29) is 5.84 Å². The highest BCUT2D eigenvalue weighted by Gasteiger charge is 2.21. The van der Waals surface area contributed by atoms with Crippen molar-refractivity contribution in [3.8, 4) is 0 Å². The number of para-hydroxylation sites is 1. The molecule has 2 aromatic rings. The van der Waals surface area contributed by atoms with Crippen molar-refractivity contribution in [3.63, 3.8) is 0 Å². The van der Waals surface area contributed by atoms with E-state index in [1.165, 1.54) is 0 Å². The summed E-state index contributed by atoms with van der Waals surface area (Å²) in [5, 5.41) is 12.9. The molecule has 0 bridgehead atoms. The van der Waals surface area contributed by atoms with Gasteiger partial charge in [-0.2, -0.15) is 0 Å². The summed E-state index contributed by atoms with van der Waals surface area (Å²) in [4.78, 5) is 16.8. The van der Waals surface area contributed by atoms with E-state index < -0.39 is 17.3 Å². The summed E-state index contributed by atoms with van der Waals surface area (Å²) in [5.41, 5.74) is 6.78. The molecule has 0 heterocycles. The number of amidine groups is 1. The average Bonchev–Trinajstić information content (AvgIpc) is 2.52. The molecular weight excluding hydrogens is 342 g/mol. The molecule has 0 aliphatic heterocycles. The molecule has 0 saturated heterocycles. The molecule has 0 radical (unpaired) electrons. The van der Waals surface area contributed by atoms with Crippen LogP contribution in [0.25, 0.3) is 0 Å². The zero-order valence-corrected chi connectivity index (χ0v) is 16.4. The minimum atomic E-state index is -1.03. The molecule has 0 aliphatic rings. The van der Waals surface area contributed by atoms with Crippen LogP contribution in [-0.2, 0) is 10.3 Å². The molecule has 0 saturated carbocycles. The second-order valence-corrected chi connectivity index (χ2v) is 7.78. The fraction of sp³-hybridized carbons (Fsp3) is 0.333. The fourth-order valence-corrected chi connectivity index (χ4v) is 2.35. The summed E-state index contributed by atoms with van der Waals surface area (Å²) in [6.45, 7) is 8.71. The van der Waals surface area contributed by atoms with Crippen LogP contribution < -0.4 is 11.1 Å². The topological polar surface area (TPSA) is 96.9 Å². The SMILES string of the molecule is CC(C)(C)OC(=O)NC(=Nc1ccccc1)c1ccc(C(C)(C)O)cc1N.